The first-order chi connectivity index (χ1) is 8.74. The molecular weight excluding hydrogens is 288 g/mol. The minimum atomic E-state index is 0.878. The van der Waals surface area contributed by atoms with Crippen LogP contribution in [0.3, 0.4) is 0 Å². The highest BCUT2D eigenvalue weighted by molar-refractivity contribution is 9.10. The van der Waals surface area contributed by atoms with E-state index in [0.717, 1.165) is 12.5 Å². The van der Waals surface area contributed by atoms with Crippen molar-refractivity contribution in [3.8, 4) is 0 Å². The molecule has 0 amide bonds. The molecule has 1 heterocycles. The molecule has 0 aromatic heterocycles. The highest BCUT2D eigenvalue weighted by Crippen LogP contribution is 2.16. The summed E-state index contributed by atoms with van der Waals surface area (Å²) in [7, 11) is 2.22. The zero-order chi connectivity index (χ0) is 12.8. The highest BCUT2D eigenvalue weighted by atomic mass is 79.9. The zero-order valence-corrected chi connectivity index (χ0v) is 12.7. The van der Waals surface area contributed by atoms with Crippen LogP contribution in [-0.4, -0.2) is 31.6 Å². The van der Waals surface area contributed by atoms with Gasteiger partial charge < -0.3 is 10.2 Å². The van der Waals surface area contributed by atoms with Gasteiger partial charge in [-0.05, 0) is 69.6 Å². The molecule has 0 saturated carbocycles. The lowest BCUT2D eigenvalue weighted by Crippen LogP contribution is -2.32. The van der Waals surface area contributed by atoms with Gasteiger partial charge >= 0.3 is 0 Å². The molecule has 0 bridgehead atoms. The maximum atomic E-state index is 3.53. The first-order valence-corrected chi connectivity index (χ1v) is 7.67. The average Bonchev–Trinajstić information content (AvgIpc) is 2.38. The number of piperidine rings is 1. The smallest absolute Gasteiger partial charge is 0.0231 e. The van der Waals surface area contributed by atoms with Gasteiger partial charge in [0, 0.05) is 11.0 Å². The van der Waals surface area contributed by atoms with E-state index in [1.54, 1.807) is 0 Å². The van der Waals surface area contributed by atoms with Crippen LogP contribution < -0.4 is 5.32 Å². The Kier molecular flexibility index (Phi) is 5.67. The Bertz CT molecular complexity index is 361. The average molecular weight is 311 g/mol. The van der Waals surface area contributed by atoms with Gasteiger partial charge in [-0.25, -0.2) is 0 Å². The monoisotopic (exact) mass is 310 g/mol. The van der Waals surface area contributed by atoms with Crippen molar-refractivity contribution in [1.82, 2.24) is 10.2 Å². The second kappa shape index (κ2) is 7.27. The second-order valence-corrected chi connectivity index (χ2v) is 6.28. The van der Waals surface area contributed by atoms with E-state index in [1.807, 2.05) is 0 Å². The van der Waals surface area contributed by atoms with Gasteiger partial charge in [0.2, 0.25) is 0 Å². The van der Waals surface area contributed by atoms with E-state index >= 15 is 0 Å². The minimum absolute atomic E-state index is 0.878. The summed E-state index contributed by atoms with van der Waals surface area (Å²) in [5.41, 5.74) is 1.38. The predicted molar refractivity (Wildman–Crippen MR) is 80.7 cm³/mol. The number of nitrogens with one attached hydrogen (secondary N) is 1. The summed E-state index contributed by atoms with van der Waals surface area (Å²) in [5, 5.41) is 3.49. The van der Waals surface area contributed by atoms with E-state index in [9.17, 15) is 0 Å². The normalized spacial score (nSPS) is 20.3. The lowest BCUT2D eigenvalue weighted by molar-refractivity contribution is 0.268. The summed E-state index contributed by atoms with van der Waals surface area (Å²) in [6.07, 6.45) is 4.06. The second-order valence-electron chi connectivity index (χ2n) is 5.37. The molecule has 0 aliphatic carbocycles. The van der Waals surface area contributed by atoms with E-state index in [0.29, 0.717) is 0 Å². The van der Waals surface area contributed by atoms with Crippen molar-refractivity contribution in [1.29, 1.82) is 0 Å². The van der Waals surface area contributed by atoms with Crippen LogP contribution in [0.15, 0.2) is 28.7 Å². The van der Waals surface area contributed by atoms with E-state index in [4.69, 9.17) is 0 Å². The molecule has 1 unspecified atom stereocenters. The summed E-state index contributed by atoms with van der Waals surface area (Å²) in [6.45, 7) is 4.66. The molecule has 1 aliphatic heterocycles. The maximum absolute atomic E-state index is 3.53. The van der Waals surface area contributed by atoms with Crippen molar-refractivity contribution in [2.24, 2.45) is 5.92 Å². The number of hydrogen-bond acceptors (Lipinski definition) is 2. The van der Waals surface area contributed by atoms with Crippen LogP contribution in [0.25, 0.3) is 0 Å². The lowest BCUT2D eigenvalue weighted by Gasteiger charge is -2.25. The Labute approximate surface area is 119 Å². The Morgan fingerprint density at radius 1 is 1.44 bits per heavy atom. The van der Waals surface area contributed by atoms with Crippen LogP contribution in [0.4, 0.5) is 0 Å². The topological polar surface area (TPSA) is 15.3 Å². The predicted octanol–water partition coefficient (Wildman–Crippen LogP) is 3.27. The van der Waals surface area contributed by atoms with E-state index < -0.39 is 0 Å². The van der Waals surface area contributed by atoms with Gasteiger partial charge in [0.1, 0.15) is 0 Å². The summed E-state index contributed by atoms with van der Waals surface area (Å²) >= 11 is 3.53. The van der Waals surface area contributed by atoms with Crippen molar-refractivity contribution < 1.29 is 0 Å². The molecule has 0 radical (unpaired) electrons. The van der Waals surface area contributed by atoms with Gasteiger partial charge in [0.15, 0.2) is 0 Å². The fraction of sp³-hybridized carbons (Fsp3) is 0.600. The SMILES string of the molecule is CN(CCC1CCCNC1)Cc1cccc(Br)c1. The summed E-state index contributed by atoms with van der Waals surface area (Å²) in [4.78, 5) is 2.43. The van der Waals surface area contributed by atoms with Gasteiger partial charge in [-0.1, -0.05) is 28.1 Å². The molecule has 0 spiro atoms. The molecule has 1 aromatic rings. The van der Waals surface area contributed by atoms with E-state index in [1.165, 1.54) is 48.9 Å². The molecule has 1 N–H and O–H groups in total. The number of rotatable bonds is 5. The highest BCUT2D eigenvalue weighted by Gasteiger charge is 2.13. The van der Waals surface area contributed by atoms with Gasteiger partial charge in [-0.15, -0.1) is 0 Å². The number of hydrogen-bond donors (Lipinski definition) is 1. The molecule has 1 fully saturated rings. The van der Waals surface area contributed by atoms with Gasteiger partial charge in [0.25, 0.3) is 0 Å². The van der Waals surface area contributed by atoms with Crippen molar-refractivity contribution in [3.63, 3.8) is 0 Å². The molecule has 100 valence electrons. The third-order valence-corrected chi connectivity index (χ3v) is 4.15. The van der Waals surface area contributed by atoms with Crippen LogP contribution in [0.5, 0.6) is 0 Å². The molecule has 2 nitrogen and oxygen atoms in total. The fourth-order valence-electron chi connectivity index (χ4n) is 2.60. The Morgan fingerprint density at radius 3 is 3.06 bits per heavy atom. The quantitative estimate of drug-likeness (QED) is 0.898. The maximum Gasteiger partial charge on any atom is 0.0231 e. The van der Waals surface area contributed by atoms with Crippen LogP contribution in [0.2, 0.25) is 0 Å². The zero-order valence-electron chi connectivity index (χ0n) is 11.2. The number of benzene rings is 1. The van der Waals surface area contributed by atoms with Crippen molar-refractivity contribution in [2.75, 3.05) is 26.7 Å². The minimum Gasteiger partial charge on any atom is -0.316 e. The molecule has 2 rings (SSSR count). The molecule has 1 aromatic carbocycles. The molecule has 18 heavy (non-hydrogen) atoms. The lowest BCUT2D eigenvalue weighted by atomic mass is 9.96. The number of halogens is 1. The largest absolute Gasteiger partial charge is 0.316 e. The molecule has 1 atom stereocenters. The van der Waals surface area contributed by atoms with Crippen LogP contribution >= 0.6 is 15.9 Å². The third kappa shape index (κ3) is 4.71. The van der Waals surface area contributed by atoms with Crippen molar-refractivity contribution in [2.45, 2.75) is 25.8 Å². The van der Waals surface area contributed by atoms with Gasteiger partial charge in [0.05, 0.1) is 0 Å². The molecule has 3 heteroatoms. The van der Waals surface area contributed by atoms with E-state index in [2.05, 4.69) is 57.5 Å². The molecule has 1 aliphatic rings. The summed E-state index contributed by atoms with van der Waals surface area (Å²) < 4.78 is 1.17. The Morgan fingerprint density at radius 2 is 2.33 bits per heavy atom. The standard InChI is InChI=1S/C15H23BrN2/c1-18(9-7-13-5-3-8-17-11-13)12-14-4-2-6-15(16)10-14/h2,4,6,10,13,17H,3,5,7-9,11-12H2,1H3. The first-order valence-electron chi connectivity index (χ1n) is 6.88. The van der Waals surface area contributed by atoms with Crippen LogP contribution in [-0.2, 0) is 6.54 Å². The van der Waals surface area contributed by atoms with E-state index in [-0.39, 0.29) is 0 Å². The molecular formula is C15H23BrN2. The first kappa shape index (κ1) is 14.0. The third-order valence-electron chi connectivity index (χ3n) is 3.66. The van der Waals surface area contributed by atoms with Gasteiger partial charge in [-0.2, -0.15) is 0 Å². The summed E-state index contributed by atoms with van der Waals surface area (Å²) in [5.74, 6) is 0.878. The van der Waals surface area contributed by atoms with Crippen LogP contribution in [0.1, 0.15) is 24.8 Å². The summed E-state index contributed by atoms with van der Waals surface area (Å²) in [6, 6.07) is 8.59. The van der Waals surface area contributed by atoms with Crippen LogP contribution in [0, 0.1) is 5.92 Å². The fourth-order valence-corrected chi connectivity index (χ4v) is 3.05. The Balaban J connectivity index is 1.72. The van der Waals surface area contributed by atoms with Crippen molar-refractivity contribution >= 4 is 15.9 Å². The molecule has 1 saturated heterocycles. The van der Waals surface area contributed by atoms with Gasteiger partial charge in [-0.3, -0.25) is 0 Å². The Hall–Kier alpha value is -0.380. The number of nitrogens with zero attached hydrogens (tertiary/aromatic N) is 1. The van der Waals surface area contributed by atoms with Crippen molar-refractivity contribution in [3.05, 3.63) is 34.3 Å².